The van der Waals surface area contributed by atoms with Gasteiger partial charge in [0.25, 0.3) is 0 Å². The highest BCUT2D eigenvalue weighted by Crippen LogP contribution is 2.46. The fraction of sp³-hybridized carbons (Fsp3) is 0.0500. The Morgan fingerprint density at radius 2 is 0.812 bits per heavy atom. The minimum absolute atomic E-state index is 0.00868. The van der Waals surface area contributed by atoms with Crippen molar-refractivity contribution in [1.82, 2.24) is 0 Å². The molecule has 0 heterocycles. The summed E-state index contributed by atoms with van der Waals surface area (Å²) in [6, 6.07) is 36.2. The second-order valence-corrected chi connectivity index (χ2v) is 11.1. The van der Waals surface area contributed by atoms with Crippen LogP contribution in [-0.2, 0) is 22.7 Å². The number of nitriles is 4. The number of hydrogen-bond donors (Lipinski definition) is 0. The van der Waals surface area contributed by atoms with Gasteiger partial charge in [-0.1, -0.05) is 72.8 Å². The molecule has 224 valence electrons. The Balaban J connectivity index is 1.53. The molecule has 0 N–H and O–H groups in total. The van der Waals surface area contributed by atoms with Gasteiger partial charge in [-0.25, -0.2) is 9.59 Å². The fourth-order valence-corrected chi connectivity index (χ4v) is 6.40. The van der Waals surface area contributed by atoms with Crippen molar-refractivity contribution >= 4 is 55.0 Å². The van der Waals surface area contributed by atoms with E-state index in [4.69, 9.17) is 9.47 Å². The van der Waals surface area contributed by atoms with Crippen molar-refractivity contribution in [3.63, 3.8) is 0 Å². The third kappa shape index (κ3) is 4.67. The van der Waals surface area contributed by atoms with Gasteiger partial charge in [-0.15, -0.1) is 0 Å². The van der Waals surface area contributed by atoms with Crippen molar-refractivity contribution in [2.24, 2.45) is 0 Å². The second kappa shape index (κ2) is 11.9. The highest BCUT2D eigenvalue weighted by Gasteiger charge is 2.27. The van der Waals surface area contributed by atoms with Gasteiger partial charge in [0.15, 0.2) is 0 Å². The van der Waals surface area contributed by atoms with E-state index in [9.17, 15) is 30.6 Å². The van der Waals surface area contributed by atoms with Crippen LogP contribution in [0.15, 0.2) is 97.1 Å². The number of carbonyl (C=O) groups excluding carboxylic acids is 2. The van der Waals surface area contributed by atoms with E-state index in [0.29, 0.717) is 32.3 Å². The minimum Gasteiger partial charge on any atom is -0.457 e. The summed E-state index contributed by atoms with van der Waals surface area (Å²) < 4.78 is 11.3. The van der Waals surface area contributed by atoms with Crippen LogP contribution in [0.4, 0.5) is 0 Å². The average Bonchev–Trinajstić information content (AvgIpc) is 3.14. The number of ether oxygens (including phenoxy) is 2. The number of benzene rings is 7. The Hall–Kier alpha value is -7.26. The lowest BCUT2D eigenvalue weighted by Crippen LogP contribution is -2.09. The first-order chi connectivity index (χ1) is 23.5. The zero-order chi connectivity index (χ0) is 33.4. The van der Waals surface area contributed by atoms with Crippen molar-refractivity contribution in [2.45, 2.75) is 13.2 Å². The maximum absolute atomic E-state index is 13.6. The van der Waals surface area contributed by atoms with Crippen molar-refractivity contribution in [1.29, 1.82) is 21.0 Å². The molecule has 0 aliphatic heterocycles. The Morgan fingerprint density at radius 3 is 1.17 bits per heavy atom. The first-order valence-electron chi connectivity index (χ1n) is 14.8. The lowest BCUT2D eigenvalue weighted by Gasteiger charge is -2.20. The predicted molar refractivity (Wildman–Crippen MR) is 178 cm³/mol. The molecule has 0 atom stereocenters. The summed E-state index contributed by atoms with van der Waals surface area (Å²) in [5.41, 5.74) is 2.31. The predicted octanol–water partition coefficient (Wildman–Crippen LogP) is 7.94. The van der Waals surface area contributed by atoms with Crippen molar-refractivity contribution in [3.8, 4) is 24.3 Å². The highest BCUT2D eigenvalue weighted by molar-refractivity contribution is 6.38. The van der Waals surface area contributed by atoms with Crippen molar-refractivity contribution in [3.05, 3.63) is 142 Å². The number of carbonyl (C=O) groups is 2. The lowest BCUT2D eigenvalue weighted by atomic mass is 9.81. The Kier molecular flexibility index (Phi) is 7.31. The van der Waals surface area contributed by atoms with Gasteiger partial charge in [0.05, 0.1) is 57.7 Å². The van der Waals surface area contributed by atoms with Crippen LogP contribution in [-0.4, -0.2) is 11.9 Å². The number of fused-ring (bicyclic) bond motifs is 2. The van der Waals surface area contributed by atoms with Crippen LogP contribution in [0.1, 0.15) is 54.1 Å². The molecular weight excluding hydrogens is 600 g/mol. The molecule has 0 aromatic heterocycles. The molecule has 0 bridgehead atoms. The van der Waals surface area contributed by atoms with Crippen LogP contribution >= 0.6 is 0 Å². The van der Waals surface area contributed by atoms with Crippen LogP contribution in [0.3, 0.4) is 0 Å². The van der Waals surface area contributed by atoms with Crippen LogP contribution in [0.25, 0.3) is 43.1 Å². The molecule has 48 heavy (non-hydrogen) atoms. The molecule has 7 aromatic carbocycles. The summed E-state index contributed by atoms with van der Waals surface area (Å²) in [6.45, 7) is 0.0174. The van der Waals surface area contributed by atoms with E-state index in [1.165, 1.54) is 24.3 Å². The molecule has 0 saturated heterocycles. The average molecular weight is 621 g/mol. The molecule has 8 nitrogen and oxygen atoms in total. The normalized spacial score (nSPS) is 10.8. The smallest absolute Gasteiger partial charge is 0.339 e. The first-order valence-corrected chi connectivity index (χ1v) is 14.8. The van der Waals surface area contributed by atoms with Crippen LogP contribution < -0.4 is 0 Å². The summed E-state index contributed by atoms with van der Waals surface area (Å²) >= 11 is 0. The number of hydrogen-bond acceptors (Lipinski definition) is 8. The monoisotopic (exact) mass is 620 g/mol. The third-order valence-electron chi connectivity index (χ3n) is 8.45. The van der Waals surface area contributed by atoms with E-state index in [2.05, 4.69) is 24.3 Å². The minimum atomic E-state index is -0.662. The van der Waals surface area contributed by atoms with Crippen molar-refractivity contribution < 1.29 is 19.1 Å². The summed E-state index contributed by atoms with van der Waals surface area (Å²) in [5.74, 6) is -1.32. The number of rotatable bonds is 6. The molecular formula is C40H20N4O4. The van der Waals surface area contributed by atoms with Crippen LogP contribution in [0.2, 0.25) is 0 Å². The Morgan fingerprint density at radius 1 is 0.458 bits per heavy atom. The fourth-order valence-electron chi connectivity index (χ4n) is 6.40. The van der Waals surface area contributed by atoms with Gasteiger partial charge in [-0.05, 0) is 46.2 Å². The molecule has 0 amide bonds. The molecule has 0 unspecified atom stereocenters. The standard InChI is InChI=1S/C40H20N4O4/c41-17-25-15-27(19-43)35-31(39(45)47-21-23-7-3-1-4-8-23)13-11-29-34-26(18-42)16-28(20-44)36-32(14-12-30(38(34)36)33(25)37(29)35)40(46)48-22-24-9-5-2-6-10-24/h1-16H,21-22H2. The van der Waals surface area contributed by atoms with Crippen molar-refractivity contribution in [2.75, 3.05) is 0 Å². The molecule has 0 aliphatic carbocycles. The highest BCUT2D eigenvalue weighted by atomic mass is 16.5. The molecule has 8 heteroatoms. The molecule has 0 radical (unpaired) electrons. The first kappa shape index (κ1) is 29.5. The van der Waals surface area contributed by atoms with E-state index >= 15 is 0 Å². The molecule has 0 spiro atoms. The van der Waals surface area contributed by atoms with Gasteiger partial charge in [0.1, 0.15) is 13.2 Å². The van der Waals surface area contributed by atoms with E-state index in [1.807, 2.05) is 60.7 Å². The quantitative estimate of drug-likeness (QED) is 0.103. The molecule has 0 aliphatic rings. The van der Waals surface area contributed by atoms with Gasteiger partial charge >= 0.3 is 11.9 Å². The summed E-state index contributed by atoms with van der Waals surface area (Å²) in [4.78, 5) is 27.1. The zero-order valence-corrected chi connectivity index (χ0v) is 25.1. The van der Waals surface area contributed by atoms with Crippen LogP contribution in [0.5, 0.6) is 0 Å². The maximum Gasteiger partial charge on any atom is 0.339 e. The summed E-state index contributed by atoms with van der Waals surface area (Å²) in [5, 5.41) is 44.3. The lowest BCUT2D eigenvalue weighted by molar-refractivity contribution is 0.0466. The topological polar surface area (TPSA) is 148 Å². The van der Waals surface area contributed by atoms with Gasteiger partial charge in [0, 0.05) is 32.3 Å². The van der Waals surface area contributed by atoms with Gasteiger partial charge in [-0.3, -0.25) is 0 Å². The van der Waals surface area contributed by atoms with Crippen LogP contribution in [0, 0.1) is 45.3 Å². The molecule has 7 rings (SSSR count). The molecule has 7 aromatic rings. The Labute approximate surface area is 273 Å². The molecule has 0 saturated carbocycles. The summed E-state index contributed by atoms with van der Waals surface area (Å²) in [6.07, 6.45) is 0. The largest absolute Gasteiger partial charge is 0.457 e. The van der Waals surface area contributed by atoms with Gasteiger partial charge < -0.3 is 9.47 Å². The maximum atomic E-state index is 13.6. The Bertz CT molecular complexity index is 2450. The van der Waals surface area contributed by atoms with E-state index in [-0.39, 0.29) is 57.4 Å². The zero-order valence-electron chi connectivity index (χ0n) is 25.1. The number of esters is 2. The second-order valence-electron chi connectivity index (χ2n) is 11.1. The van der Waals surface area contributed by atoms with E-state index in [0.717, 1.165) is 11.1 Å². The number of nitrogens with zero attached hydrogens (tertiary/aromatic N) is 4. The molecule has 0 fully saturated rings. The SMILES string of the molecule is N#Cc1cc(C#N)c2c3ccc(C(=O)OCc4ccccc4)c4c(C#N)cc(C#N)c(c5ccc(C(=O)OCc6ccccc6)c1c52)c43. The van der Waals surface area contributed by atoms with Gasteiger partial charge in [0.2, 0.25) is 0 Å². The van der Waals surface area contributed by atoms with Gasteiger partial charge in [-0.2, -0.15) is 21.0 Å². The summed E-state index contributed by atoms with van der Waals surface area (Å²) in [7, 11) is 0. The van der Waals surface area contributed by atoms with E-state index < -0.39 is 11.9 Å². The third-order valence-corrected chi connectivity index (χ3v) is 8.45. The van der Waals surface area contributed by atoms with E-state index in [1.54, 1.807) is 12.1 Å².